The first-order chi connectivity index (χ1) is 9.74. The predicted molar refractivity (Wildman–Crippen MR) is 97.1 cm³/mol. The van der Waals surface area contributed by atoms with Crippen molar-refractivity contribution in [1.82, 2.24) is 0 Å². The first kappa shape index (κ1) is 15.7. The van der Waals surface area contributed by atoms with Crippen LogP contribution in [0.3, 0.4) is 0 Å². The number of halogens is 2. The maximum Gasteiger partial charge on any atom is 0.0566 e. The van der Waals surface area contributed by atoms with Crippen molar-refractivity contribution in [2.24, 2.45) is 0 Å². The zero-order chi connectivity index (χ0) is 14.1. The fourth-order valence-electron chi connectivity index (χ4n) is 2.70. The number of anilines is 1. The van der Waals surface area contributed by atoms with Crippen LogP contribution in [0.2, 0.25) is 5.02 Å². The molecule has 0 aromatic heterocycles. The lowest BCUT2D eigenvalue weighted by Gasteiger charge is -2.16. The van der Waals surface area contributed by atoms with Crippen LogP contribution in [0.4, 0.5) is 5.69 Å². The van der Waals surface area contributed by atoms with Crippen LogP contribution in [0.5, 0.6) is 0 Å². The first-order valence-corrected chi connectivity index (χ1v) is 7.06. The third-order valence-corrected chi connectivity index (χ3v) is 4.01. The lowest BCUT2D eigenvalue weighted by Crippen LogP contribution is -2.00. The number of fused-ring (bicyclic) bond motifs is 2. The summed E-state index contributed by atoms with van der Waals surface area (Å²) in [5, 5.41) is 8.81. The average Bonchev–Trinajstić information content (AvgIpc) is 2.47. The van der Waals surface area contributed by atoms with E-state index in [-0.39, 0.29) is 12.4 Å². The van der Waals surface area contributed by atoms with E-state index in [1.165, 1.54) is 5.56 Å². The molecule has 21 heavy (non-hydrogen) atoms. The molecule has 1 N–H and O–H groups in total. The largest absolute Gasteiger partial charge is 0.381 e. The molecule has 3 heteroatoms. The summed E-state index contributed by atoms with van der Waals surface area (Å²) in [6.07, 6.45) is 1.87. The molecule has 0 aliphatic carbocycles. The van der Waals surface area contributed by atoms with Crippen molar-refractivity contribution in [3.05, 3.63) is 65.7 Å². The minimum atomic E-state index is 0. The summed E-state index contributed by atoms with van der Waals surface area (Å²) in [4.78, 5) is 0. The minimum absolute atomic E-state index is 0. The van der Waals surface area contributed by atoms with Gasteiger partial charge in [-0.15, -0.1) is 19.0 Å². The summed E-state index contributed by atoms with van der Waals surface area (Å²) in [6, 6.07) is 14.5. The Balaban J connectivity index is 0.00000161. The van der Waals surface area contributed by atoms with Gasteiger partial charge in [0.15, 0.2) is 0 Å². The van der Waals surface area contributed by atoms with Crippen LogP contribution in [-0.4, -0.2) is 6.54 Å². The molecule has 0 aliphatic heterocycles. The molecule has 0 bridgehead atoms. The second kappa shape index (κ2) is 6.38. The van der Waals surface area contributed by atoms with Crippen molar-refractivity contribution < 1.29 is 0 Å². The maximum atomic E-state index is 6.64. The number of aryl methyl sites for hydroxylation is 1. The fourth-order valence-corrected chi connectivity index (χ4v) is 3.12. The predicted octanol–water partition coefficient (Wildman–Crippen LogP) is 5.97. The molecule has 108 valence electrons. The van der Waals surface area contributed by atoms with Crippen molar-refractivity contribution >= 4 is 51.2 Å². The molecular weight excluding hydrogens is 301 g/mol. The highest BCUT2D eigenvalue weighted by molar-refractivity contribution is 6.42. The van der Waals surface area contributed by atoms with E-state index < -0.39 is 0 Å². The van der Waals surface area contributed by atoms with E-state index in [0.29, 0.717) is 0 Å². The number of nitrogens with one attached hydrogen (secondary N) is 1. The summed E-state index contributed by atoms with van der Waals surface area (Å²) in [5.41, 5.74) is 2.32. The van der Waals surface area contributed by atoms with Crippen LogP contribution in [0, 0.1) is 6.92 Å². The summed E-state index contributed by atoms with van der Waals surface area (Å²) < 4.78 is 0. The number of rotatable bonds is 3. The van der Waals surface area contributed by atoms with Crippen LogP contribution < -0.4 is 5.32 Å². The van der Waals surface area contributed by atoms with Crippen LogP contribution in [0.25, 0.3) is 21.5 Å². The molecule has 0 unspecified atom stereocenters. The summed E-state index contributed by atoms with van der Waals surface area (Å²) in [7, 11) is 0. The summed E-state index contributed by atoms with van der Waals surface area (Å²) >= 11 is 6.64. The Hall–Kier alpha value is -1.70. The van der Waals surface area contributed by atoms with Gasteiger partial charge in [0, 0.05) is 28.1 Å². The molecule has 1 nitrogen and oxygen atoms in total. The van der Waals surface area contributed by atoms with Gasteiger partial charge in [0.2, 0.25) is 0 Å². The second-order valence-electron chi connectivity index (χ2n) is 4.90. The number of hydrogen-bond acceptors (Lipinski definition) is 1. The lowest BCUT2D eigenvalue weighted by atomic mass is 9.97. The maximum absolute atomic E-state index is 6.64. The van der Waals surface area contributed by atoms with Crippen molar-refractivity contribution in [3.63, 3.8) is 0 Å². The highest BCUT2D eigenvalue weighted by atomic mass is 35.5. The zero-order valence-corrected chi connectivity index (χ0v) is 13.4. The third-order valence-electron chi connectivity index (χ3n) is 3.62. The Morgan fingerprint density at radius 2 is 1.71 bits per heavy atom. The van der Waals surface area contributed by atoms with E-state index in [1.54, 1.807) is 0 Å². The zero-order valence-electron chi connectivity index (χ0n) is 11.8. The van der Waals surface area contributed by atoms with Gasteiger partial charge in [-0.1, -0.05) is 60.1 Å². The molecular formula is C18H17Cl2N. The molecule has 0 radical (unpaired) electrons. The molecule has 0 aliphatic rings. The number of benzene rings is 3. The average molecular weight is 318 g/mol. The van der Waals surface area contributed by atoms with Crippen LogP contribution in [0.15, 0.2) is 55.1 Å². The fraction of sp³-hybridized carbons (Fsp3) is 0.111. The summed E-state index contributed by atoms with van der Waals surface area (Å²) in [6.45, 7) is 6.61. The molecule has 0 saturated carbocycles. The molecule has 3 aromatic carbocycles. The van der Waals surface area contributed by atoms with E-state index in [9.17, 15) is 0 Å². The Morgan fingerprint density at radius 1 is 1.05 bits per heavy atom. The SMILES string of the molecule is C=CCNc1c2ccccc2c(Cl)c2c(C)cccc12.Cl. The van der Waals surface area contributed by atoms with Crippen molar-refractivity contribution in [2.45, 2.75) is 6.92 Å². The van der Waals surface area contributed by atoms with Gasteiger partial charge in [-0.3, -0.25) is 0 Å². The molecule has 3 aromatic rings. The molecule has 0 fully saturated rings. The lowest BCUT2D eigenvalue weighted by molar-refractivity contribution is 1.36. The normalized spacial score (nSPS) is 10.4. The van der Waals surface area contributed by atoms with E-state index in [1.807, 2.05) is 18.2 Å². The van der Waals surface area contributed by atoms with Gasteiger partial charge in [0.25, 0.3) is 0 Å². The standard InChI is InChI=1S/C18H16ClN.ClH/c1-3-11-20-18-14-9-5-4-8-13(14)17(19)16-12(2)7-6-10-15(16)18;/h3-10,20H,1,11H2,2H3;1H. The number of hydrogen-bond donors (Lipinski definition) is 1. The summed E-state index contributed by atoms with van der Waals surface area (Å²) in [5.74, 6) is 0. The molecule has 0 amide bonds. The smallest absolute Gasteiger partial charge is 0.0566 e. The van der Waals surface area contributed by atoms with Crippen molar-refractivity contribution in [1.29, 1.82) is 0 Å². The third kappa shape index (κ3) is 2.59. The highest BCUT2D eigenvalue weighted by Crippen LogP contribution is 2.40. The van der Waals surface area contributed by atoms with Gasteiger partial charge in [-0.25, -0.2) is 0 Å². The molecule has 0 saturated heterocycles. The van der Waals surface area contributed by atoms with E-state index in [2.05, 4.69) is 49.2 Å². The minimum Gasteiger partial charge on any atom is -0.381 e. The molecule has 3 rings (SSSR count). The molecule has 0 atom stereocenters. The van der Waals surface area contributed by atoms with E-state index in [4.69, 9.17) is 11.6 Å². The Morgan fingerprint density at radius 3 is 2.43 bits per heavy atom. The Bertz CT molecular complexity index is 809. The second-order valence-corrected chi connectivity index (χ2v) is 5.28. The van der Waals surface area contributed by atoms with Gasteiger partial charge in [0.1, 0.15) is 0 Å². The van der Waals surface area contributed by atoms with Gasteiger partial charge >= 0.3 is 0 Å². The topological polar surface area (TPSA) is 12.0 Å². The van der Waals surface area contributed by atoms with Crippen molar-refractivity contribution in [3.8, 4) is 0 Å². The first-order valence-electron chi connectivity index (χ1n) is 6.68. The van der Waals surface area contributed by atoms with Crippen LogP contribution >= 0.6 is 24.0 Å². The molecule has 0 heterocycles. The van der Waals surface area contributed by atoms with Crippen molar-refractivity contribution in [2.75, 3.05) is 11.9 Å². The van der Waals surface area contributed by atoms with E-state index >= 15 is 0 Å². The van der Waals surface area contributed by atoms with Gasteiger partial charge < -0.3 is 5.32 Å². The van der Waals surface area contributed by atoms with E-state index in [0.717, 1.165) is 38.8 Å². The Kier molecular flexibility index (Phi) is 4.76. The molecule has 0 spiro atoms. The van der Waals surface area contributed by atoms with Gasteiger partial charge in [-0.05, 0) is 12.5 Å². The van der Waals surface area contributed by atoms with Crippen LogP contribution in [-0.2, 0) is 0 Å². The van der Waals surface area contributed by atoms with Crippen LogP contribution in [0.1, 0.15) is 5.56 Å². The quantitative estimate of drug-likeness (QED) is 0.463. The highest BCUT2D eigenvalue weighted by Gasteiger charge is 2.13. The van der Waals surface area contributed by atoms with Gasteiger partial charge in [0.05, 0.1) is 10.7 Å². The monoisotopic (exact) mass is 317 g/mol. The van der Waals surface area contributed by atoms with Gasteiger partial charge in [-0.2, -0.15) is 0 Å². The Labute approximate surface area is 136 Å².